The van der Waals surface area contributed by atoms with Crippen LogP contribution in [-0.4, -0.2) is 13.0 Å². The van der Waals surface area contributed by atoms with Crippen LogP contribution >= 0.6 is 0 Å². The van der Waals surface area contributed by atoms with Gasteiger partial charge in [-0.15, -0.1) is 0 Å². The standard InChI is InChI=1S/C12H14O3S/c1-3-4-5-6-11-9-10(2)7-8-12(11)16(13,14)15/h7-9H,3-4H2,1-2H3,(H,13,14,15). The highest BCUT2D eigenvalue weighted by Gasteiger charge is 2.13. The van der Waals surface area contributed by atoms with Gasteiger partial charge in [0.1, 0.15) is 4.90 Å². The van der Waals surface area contributed by atoms with Crippen LogP contribution in [0.5, 0.6) is 0 Å². The van der Waals surface area contributed by atoms with Crippen molar-refractivity contribution in [2.75, 3.05) is 0 Å². The molecule has 0 amide bonds. The van der Waals surface area contributed by atoms with Crippen LogP contribution in [0.3, 0.4) is 0 Å². The largest absolute Gasteiger partial charge is 0.295 e. The van der Waals surface area contributed by atoms with Crippen molar-refractivity contribution in [3.05, 3.63) is 29.3 Å². The van der Waals surface area contributed by atoms with Gasteiger partial charge in [-0.3, -0.25) is 4.55 Å². The van der Waals surface area contributed by atoms with Gasteiger partial charge in [-0.2, -0.15) is 8.42 Å². The Bertz CT molecular complexity index is 533. The molecule has 0 heterocycles. The van der Waals surface area contributed by atoms with Gasteiger partial charge in [-0.25, -0.2) is 0 Å². The van der Waals surface area contributed by atoms with E-state index >= 15 is 0 Å². The maximum Gasteiger partial charge on any atom is 0.295 e. The summed E-state index contributed by atoms with van der Waals surface area (Å²) in [5.41, 5.74) is 1.27. The first-order chi connectivity index (χ1) is 7.45. The van der Waals surface area contributed by atoms with E-state index in [0.29, 0.717) is 12.0 Å². The van der Waals surface area contributed by atoms with Crippen molar-refractivity contribution in [2.45, 2.75) is 31.6 Å². The summed E-state index contributed by atoms with van der Waals surface area (Å²) in [7, 11) is -4.19. The second-order valence-corrected chi connectivity index (χ2v) is 4.92. The minimum atomic E-state index is -4.19. The lowest BCUT2D eigenvalue weighted by Crippen LogP contribution is -2.01. The normalized spacial score (nSPS) is 10.7. The van der Waals surface area contributed by atoms with E-state index in [2.05, 4.69) is 11.8 Å². The van der Waals surface area contributed by atoms with Gasteiger partial charge in [0.05, 0.1) is 0 Å². The Hall–Kier alpha value is -1.31. The maximum absolute atomic E-state index is 11.1. The summed E-state index contributed by atoms with van der Waals surface area (Å²) in [4.78, 5) is -0.123. The highest BCUT2D eigenvalue weighted by Crippen LogP contribution is 2.16. The molecule has 0 saturated heterocycles. The van der Waals surface area contributed by atoms with Gasteiger partial charge in [0, 0.05) is 12.0 Å². The number of aryl methyl sites for hydroxylation is 1. The van der Waals surface area contributed by atoms with Crippen molar-refractivity contribution in [3.8, 4) is 11.8 Å². The Kier molecular flexibility index (Phi) is 4.11. The van der Waals surface area contributed by atoms with Crippen LogP contribution in [0.25, 0.3) is 0 Å². The third-order valence-electron chi connectivity index (χ3n) is 2.01. The predicted molar refractivity (Wildman–Crippen MR) is 62.8 cm³/mol. The van der Waals surface area contributed by atoms with E-state index in [-0.39, 0.29) is 4.90 Å². The third kappa shape index (κ3) is 3.37. The number of rotatable bonds is 2. The summed E-state index contributed by atoms with van der Waals surface area (Å²) in [6.07, 6.45) is 1.62. The second kappa shape index (κ2) is 5.15. The van der Waals surface area contributed by atoms with E-state index in [9.17, 15) is 8.42 Å². The fourth-order valence-electron chi connectivity index (χ4n) is 1.25. The molecule has 1 aromatic rings. The molecule has 1 aromatic carbocycles. The summed E-state index contributed by atoms with van der Waals surface area (Å²) in [5, 5.41) is 0. The molecule has 1 rings (SSSR count). The van der Waals surface area contributed by atoms with Crippen LogP contribution in [0.2, 0.25) is 0 Å². The summed E-state index contributed by atoms with van der Waals surface area (Å²) in [6.45, 7) is 3.84. The SMILES string of the molecule is CCCC#Cc1cc(C)ccc1S(=O)(=O)O. The lowest BCUT2D eigenvalue weighted by atomic mass is 10.1. The molecule has 1 N–H and O–H groups in total. The molecular weight excluding hydrogens is 224 g/mol. The number of benzene rings is 1. The van der Waals surface area contributed by atoms with Gasteiger partial charge < -0.3 is 0 Å². The fourth-order valence-corrected chi connectivity index (χ4v) is 1.88. The molecule has 0 aliphatic rings. The summed E-state index contributed by atoms with van der Waals surface area (Å²) >= 11 is 0. The highest BCUT2D eigenvalue weighted by atomic mass is 32.2. The number of hydrogen-bond donors (Lipinski definition) is 1. The first-order valence-corrected chi connectivity index (χ1v) is 6.46. The van der Waals surface area contributed by atoms with Crippen molar-refractivity contribution in [1.82, 2.24) is 0 Å². The van der Waals surface area contributed by atoms with Crippen LogP contribution < -0.4 is 0 Å². The first-order valence-electron chi connectivity index (χ1n) is 5.02. The van der Waals surface area contributed by atoms with Crippen molar-refractivity contribution in [2.24, 2.45) is 0 Å². The van der Waals surface area contributed by atoms with E-state index in [0.717, 1.165) is 12.0 Å². The van der Waals surface area contributed by atoms with Crippen molar-refractivity contribution in [1.29, 1.82) is 0 Å². The summed E-state index contributed by atoms with van der Waals surface area (Å²) in [5.74, 6) is 5.64. The van der Waals surface area contributed by atoms with E-state index in [1.807, 2.05) is 13.8 Å². The monoisotopic (exact) mass is 238 g/mol. The third-order valence-corrected chi connectivity index (χ3v) is 2.92. The van der Waals surface area contributed by atoms with Crippen molar-refractivity contribution < 1.29 is 13.0 Å². The smallest absolute Gasteiger partial charge is 0.282 e. The number of hydrogen-bond acceptors (Lipinski definition) is 2. The Labute approximate surface area is 96.2 Å². The predicted octanol–water partition coefficient (Wildman–Crippen LogP) is 2.39. The van der Waals surface area contributed by atoms with Gasteiger partial charge in [0.2, 0.25) is 0 Å². The van der Waals surface area contributed by atoms with Crippen LogP contribution in [0.15, 0.2) is 23.1 Å². The minimum Gasteiger partial charge on any atom is -0.282 e. The summed E-state index contributed by atoms with van der Waals surface area (Å²) < 4.78 is 31.2. The Morgan fingerprint density at radius 2 is 2.06 bits per heavy atom. The Balaban J connectivity index is 3.26. The molecule has 0 aromatic heterocycles. The molecule has 0 radical (unpaired) electrons. The molecular formula is C12H14O3S. The maximum atomic E-state index is 11.1. The number of unbranched alkanes of at least 4 members (excludes halogenated alkanes) is 1. The average molecular weight is 238 g/mol. The van der Waals surface area contributed by atoms with E-state index < -0.39 is 10.1 Å². The van der Waals surface area contributed by atoms with Crippen molar-refractivity contribution in [3.63, 3.8) is 0 Å². The van der Waals surface area contributed by atoms with Gasteiger partial charge in [0.15, 0.2) is 0 Å². The molecule has 0 saturated carbocycles. The molecule has 0 spiro atoms. The first kappa shape index (κ1) is 12.8. The van der Waals surface area contributed by atoms with E-state index in [1.54, 1.807) is 12.1 Å². The molecule has 3 nitrogen and oxygen atoms in total. The second-order valence-electron chi connectivity index (χ2n) is 3.53. The van der Waals surface area contributed by atoms with Crippen LogP contribution in [0.1, 0.15) is 30.9 Å². The summed E-state index contributed by atoms with van der Waals surface area (Å²) in [6, 6.07) is 4.67. The zero-order chi connectivity index (χ0) is 12.2. The minimum absolute atomic E-state index is 0.123. The molecule has 0 aliphatic heterocycles. The molecule has 86 valence electrons. The highest BCUT2D eigenvalue weighted by molar-refractivity contribution is 7.85. The van der Waals surface area contributed by atoms with Crippen LogP contribution in [0, 0.1) is 18.8 Å². The molecule has 4 heteroatoms. The quantitative estimate of drug-likeness (QED) is 0.635. The molecule has 0 bridgehead atoms. The van der Waals surface area contributed by atoms with Crippen molar-refractivity contribution >= 4 is 10.1 Å². The zero-order valence-electron chi connectivity index (χ0n) is 9.32. The molecule has 0 unspecified atom stereocenters. The van der Waals surface area contributed by atoms with Gasteiger partial charge in [-0.1, -0.05) is 24.8 Å². The molecule has 0 atom stereocenters. The average Bonchev–Trinajstić information content (AvgIpc) is 2.16. The zero-order valence-corrected chi connectivity index (χ0v) is 10.1. The lowest BCUT2D eigenvalue weighted by molar-refractivity contribution is 0.483. The van der Waals surface area contributed by atoms with Crippen LogP contribution in [0.4, 0.5) is 0 Å². The molecule has 16 heavy (non-hydrogen) atoms. The fraction of sp³-hybridized carbons (Fsp3) is 0.333. The topological polar surface area (TPSA) is 54.4 Å². The van der Waals surface area contributed by atoms with E-state index in [1.165, 1.54) is 6.07 Å². The van der Waals surface area contributed by atoms with Gasteiger partial charge in [0.25, 0.3) is 10.1 Å². The Morgan fingerprint density at radius 1 is 1.38 bits per heavy atom. The Morgan fingerprint density at radius 3 is 2.62 bits per heavy atom. The van der Waals surface area contributed by atoms with Gasteiger partial charge in [-0.05, 0) is 31.0 Å². The van der Waals surface area contributed by atoms with E-state index in [4.69, 9.17) is 4.55 Å². The molecule has 0 fully saturated rings. The lowest BCUT2D eigenvalue weighted by Gasteiger charge is -2.01. The van der Waals surface area contributed by atoms with Crippen LogP contribution in [-0.2, 0) is 10.1 Å². The molecule has 0 aliphatic carbocycles. The van der Waals surface area contributed by atoms with Gasteiger partial charge >= 0.3 is 0 Å².